The van der Waals surface area contributed by atoms with Gasteiger partial charge < -0.3 is 5.32 Å². The lowest BCUT2D eigenvalue weighted by molar-refractivity contribution is -0.128. The molecule has 0 radical (unpaired) electrons. The Morgan fingerprint density at radius 3 is 2.17 bits per heavy atom. The predicted molar refractivity (Wildman–Crippen MR) is 46.8 cm³/mol. The largest absolute Gasteiger partial charge is 0.359 e. The van der Waals surface area contributed by atoms with Gasteiger partial charge in [0.25, 0.3) is 0 Å². The topological polar surface area (TPSA) is 49.4 Å². The number of hydrogen-bond acceptors (Lipinski definition) is 3. The van der Waals surface area contributed by atoms with Crippen molar-refractivity contribution in [1.29, 1.82) is 0 Å². The summed E-state index contributed by atoms with van der Waals surface area (Å²) in [5.41, 5.74) is 0. The smallest absolute Gasteiger partial charge is 0.221 e. The van der Waals surface area contributed by atoms with E-state index in [-0.39, 0.29) is 24.2 Å². The SMILES string of the molecule is CNC(=O)CC(C(C)=O)N(C)C. The first-order valence-corrected chi connectivity index (χ1v) is 3.86. The molecule has 1 N–H and O–H groups in total. The molecule has 0 saturated heterocycles. The lowest BCUT2D eigenvalue weighted by Gasteiger charge is -2.20. The van der Waals surface area contributed by atoms with Crippen molar-refractivity contribution in [3.05, 3.63) is 0 Å². The third-order valence-electron chi connectivity index (χ3n) is 1.75. The summed E-state index contributed by atoms with van der Waals surface area (Å²) >= 11 is 0. The van der Waals surface area contributed by atoms with Gasteiger partial charge in [0.2, 0.25) is 5.91 Å². The van der Waals surface area contributed by atoms with E-state index in [4.69, 9.17) is 0 Å². The lowest BCUT2D eigenvalue weighted by Crippen LogP contribution is -2.38. The molecule has 0 saturated carbocycles. The molecule has 1 atom stereocenters. The number of ketones is 1. The van der Waals surface area contributed by atoms with Gasteiger partial charge in [0.15, 0.2) is 0 Å². The maximum atomic E-state index is 11.0. The van der Waals surface area contributed by atoms with Crippen LogP contribution >= 0.6 is 0 Å². The van der Waals surface area contributed by atoms with Gasteiger partial charge in [0.05, 0.1) is 6.04 Å². The highest BCUT2D eigenvalue weighted by atomic mass is 16.2. The number of nitrogens with zero attached hydrogens (tertiary/aromatic N) is 1. The van der Waals surface area contributed by atoms with Gasteiger partial charge in [-0.15, -0.1) is 0 Å². The van der Waals surface area contributed by atoms with Crippen molar-refractivity contribution in [3.63, 3.8) is 0 Å². The molecule has 1 amide bonds. The lowest BCUT2D eigenvalue weighted by atomic mass is 10.1. The van der Waals surface area contributed by atoms with Gasteiger partial charge in [-0.2, -0.15) is 0 Å². The van der Waals surface area contributed by atoms with Gasteiger partial charge in [0, 0.05) is 13.5 Å². The van der Waals surface area contributed by atoms with Crippen molar-refractivity contribution < 1.29 is 9.59 Å². The normalized spacial score (nSPS) is 12.8. The fourth-order valence-electron chi connectivity index (χ4n) is 0.968. The number of amides is 1. The molecule has 0 aromatic rings. The Balaban J connectivity index is 4.14. The summed E-state index contributed by atoms with van der Waals surface area (Å²) in [5, 5.41) is 2.49. The van der Waals surface area contributed by atoms with Gasteiger partial charge >= 0.3 is 0 Å². The molecule has 0 bridgehead atoms. The Hall–Kier alpha value is -0.900. The first-order valence-electron chi connectivity index (χ1n) is 3.86. The molecule has 0 aliphatic carbocycles. The van der Waals surface area contributed by atoms with Crippen molar-refractivity contribution in [3.8, 4) is 0 Å². The van der Waals surface area contributed by atoms with Crippen LogP contribution in [0.2, 0.25) is 0 Å². The van der Waals surface area contributed by atoms with Crippen LogP contribution in [0.1, 0.15) is 13.3 Å². The van der Waals surface area contributed by atoms with Gasteiger partial charge in [-0.1, -0.05) is 0 Å². The monoisotopic (exact) mass is 172 g/mol. The maximum Gasteiger partial charge on any atom is 0.221 e. The number of carbonyl (C=O) groups is 2. The summed E-state index contributed by atoms with van der Waals surface area (Å²) in [6.45, 7) is 1.49. The molecule has 70 valence electrons. The Morgan fingerprint density at radius 2 is 1.92 bits per heavy atom. The van der Waals surface area contributed by atoms with Gasteiger partial charge in [0.1, 0.15) is 5.78 Å². The molecule has 4 nitrogen and oxygen atoms in total. The number of hydrogen-bond donors (Lipinski definition) is 1. The predicted octanol–water partition coefficient (Wildman–Crippen LogP) is -0.358. The van der Waals surface area contributed by atoms with E-state index in [0.29, 0.717) is 0 Å². The molecular weight excluding hydrogens is 156 g/mol. The maximum absolute atomic E-state index is 11.0. The van der Waals surface area contributed by atoms with Crippen molar-refractivity contribution in [2.24, 2.45) is 0 Å². The first-order chi connectivity index (χ1) is 5.49. The van der Waals surface area contributed by atoms with E-state index in [1.807, 2.05) is 0 Å². The zero-order valence-corrected chi connectivity index (χ0v) is 8.05. The third kappa shape index (κ3) is 3.48. The Kier molecular flexibility index (Phi) is 4.51. The van der Waals surface area contributed by atoms with Crippen molar-refractivity contribution >= 4 is 11.7 Å². The molecule has 12 heavy (non-hydrogen) atoms. The standard InChI is InChI=1S/C8H16N2O2/c1-6(11)7(10(3)4)5-8(12)9-2/h7H,5H2,1-4H3,(H,9,12). The zero-order valence-electron chi connectivity index (χ0n) is 8.05. The summed E-state index contributed by atoms with van der Waals surface area (Å²) in [6.07, 6.45) is 0.235. The quantitative estimate of drug-likeness (QED) is 0.630. The Bertz CT molecular complexity index is 178. The highest BCUT2D eigenvalue weighted by Crippen LogP contribution is 2.00. The molecule has 0 aromatic heterocycles. The second kappa shape index (κ2) is 4.87. The van der Waals surface area contributed by atoms with Crippen molar-refractivity contribution in [2.45, 2.75) is 19.4 Å². The highest BCUT2D eigenvalue weighted by molar-refractivity contribution is 5.87. The fraction of sp³-hybridized carbons (Fsp3) is 0.750. The summed E-state index contributed by atoms with van der Waals surface area (Å²) < 4.78 is 0. The average molecular weight is 172 g/mol. The van der Waals surface area contributed by atoms with E-state index in [9.17, 15) is 9.59 Å². The Morgan fingerprint density at radius 1 is 1.42 bits per heavy atom. The van der Waals surface area contributed by atoms with E-state index in [1.54, 1.807) is 26.0 Å². The number of nitrogens with one attached hydrogen (secondary N) is 1. The average Bonchev–Trinajstić information content (AvgIpc) is 1.98. The molecule has 0 aliphatic rings. The van der Waals surface area contributed by atoms with E-state index in [0.717, 1.165) is 0 Å². The summed E-state index contributed by atoms with van der Waals surface area (Å²) in [7, 11) is 5.14. The van der Waals surface area contributed by atoms with E-state index in [1.165, 1.54) is 6.92 Å². The fourth-order valence-corrected chi connectivity index (χ4v) is 0.968. The van der Waals surface area contributed by atoms with Crippen LogP contribution in [0, 0.1) is 0 Å². The van der Waals surface area contributed by atoms with Crippen LogP contribution in [0.5, 0.6) is 0 Å². The van der Waals surface area contributed by atoms with Crippen LogP contribution in [0.25, 0.3) is 0 Å². The van der Waals surface area contributed by atoms with Crippen LogP contribution in [0.15, 0.2) is 0 Å². The molecule has 0 aliphatic heterocycles. The number of likely N-dealkylation sites (N-methyl/N-ethyl adjacent to an activating group) is 1. The van der Waals surface area contributed by atoms with Gasteiger partial charge in [-0.05, 0) is 21.0 Å². The van der Waals surface area contributed by atoms with Crippen LogP contribution in [-0.2, 0) is 9.59 Å². The first kappa shape index (κ1) is 11.1. The van der Waals surface area contributed by atoms with E-state index < -0.39 is 0 Å². The minimum Gasteiger partial charge on any atom is -0.359 e. The molecule has 0 fully saturated rings. The summed E-state index contributed by atoms with van der Waals surface area (Å²) in [5.74, 6) is -0.0903. The molecule has 0 aromatic carbocycles. The molecule has 0 spiro atoms. The van der Waals surface area contributed by atoms with E-state index >= 15 is 0 Å². The van der Waals surface area contributed by atoms with Crippen LogP contribution in [0.4, 0.5) is 0 Å². The molecule has 0 heterocycles. The Labute approximate surface area is 72.9 Å². The van der Waals surface area contributed by atoms with Crippen LogP contribution in [0.3, 0.4) is 0 Å². The molecule has 0 rings (SSSR count). The van der Waals surface area contributed by atoms with Crippen molar-refractivity contribution in [1.82, 2.24) is 10.2 Å². The van der Waals surface area contributed by atoms with Crippen molar-refractivity contribution in [2.75, 3.05) is 21.1 Å². The minimum absolute atomic E-state index is 0.0172. The summed E-state index contributed by atoms with van der Waals surface area (Å²) in [6, 6.07) is -0.301. The van der Waals surface area contributed by atoms with Gasteiger partial charge in [-0.25, -0.2) is 0 Å². The van der Waals surface area contributed by atoms with Crippen LogP contribution in [-0.4, -0.2) is 43.8 Å². The molecule has 4 heteroatoms. The third-order valence-corrected chi connectivity index (χ3v) is 1.75. The molecule has 1 unspecified atom stereocenters. The zero-order chi connectivity index (χ0) is 9.72. The number of carbonyl (C=O) groups excluding carboxylic acids is 2. The second-order valence-electron chi connectivity index (χ2n) is 2.97. The number of Topliss-reactive ketones (excluding diaryl/α,β-unsaturated/α-hetero) is 1. The van der Waals surface area contributed by atoms with Crippen LogP contribution < -0.4 is 5.32 Å². The van der Waals surface area contributed by atoms with Gasteiger partial charge in [-0.3, -0.25) is 14.5 Å². The van der Waals surface area contributed by atoms with E-state index in [2.05, 4.69) is 5.32 Å². The molecular formula is C8H16N2O2. The highest BCUT2D eigenvalue weighted by Gasteiger charge is 2.19. The number of rotatable bonds is 4. The second-order valence-corrected chi connectivity index (χ2v) is 2.97. The minimum atomic E-state index is -0.301. The summed E-state index contributed by atoms with van der Waals surface area (Å²) in [4.78, 5) is 23.7.